The lowest BCUT2D eigenvalue weighted by Crippen LogP contribution is -2.31. The topological polar surface area (TPSA) is 81.8 Å². The first-order valence-corrected chi connectivity index (χ1v) is 12.7. The van der Waals surface area contributed by atoms with Crippen LogP contribution >= 0.6 is 11.3 Å². The smallest absolute Gasteiger partial charge is 0.376 e. The number of thiazole rings is 1. The van der Waals surface area contributed by atoms with Crippen LogP contribution in [0.15, 0.2) is 35.8 Å². The molecule has 2 aromatic heterocycles. The quantitative estimate of drug-likeness (QED) is 0.525. The molecule has 0 spiro atoms. The second-order valence-electron chi connectivity index (χ2n) is 9.08. The Bertz CT molecular complexity index is 1300. The Morgan fingerprint density at radius 2 is 1.94 bits per heavy atom. The maximum Gasteiger partial charge on any atom is 0.435 e. The van der Waals surface area contributed by atoms with Crippen molar-refractivity contribution in [1.82, 2.24) is 30.3 Å². The highest BCUT2D eigenvalue weighted by Gasteiger charge is 2.34. The van der Waals surface area contributed by atoms with Gasteiger partial charge in [-0.25, -0.2) is 9.67 Å². The van der Waals surface area contributed by atoms with Crippen LogP contribution in [0.25, 0.3) is 6.20 Å². The summed E-state index contributed by atoms with van der Waals surface area (Å²) in [4.78, 5) is 7.04. The first-order valence-electron chi connectivity index (χ1n) is 11.8. The van der Waals surface area contributed by atoms with E-state index in [9.17, 15) is 18.4 Å². The van der Waals surface area contributed by atoms with Crippen molar-refractivity contribution in [3.8, 4) is 6.07 Å². The van der Waals surface area contributed by atoms with E-state index in [1.54, 1.807) is 24.5 Å². The van der Waals surface area contributed by atoms with Crippen LogP contribution < -0.4 is 10.6 Å². The van der Waals surface area contributed by atoms with Gasteiger partial charge in [0.05, 0.1) is 22.3 Å². The van der Waals surface area contributed by atoms with Gasteiger partial charge in [0.15, 0.2) is 5.69 Å². The van der Waals surface area contributed by atoms with Crippen LogP contribution in [0, 0.1) is 18.3 Å². The SMILES string of the molecule is Cc1cc(C(F)(F)F)nn1C=CN1CCC(c2nc(C3NCc4cccc(C#N)c4CN3)cs2)CC1. The maximum atomic E-state index is 12.9. The van der Waals surface area contributed by atoms with Crippen LogP contribution in [-0.4, -0.2) is 32.8 Å². The molecule has 3 aromatic rings. The summed E-state index contributed by atoms with van der Waals surface area (Å²) in [5.41, 5.74) is 3.38. The molecule has 0 amide bonds. The molecule has 1 atom stereocenters. The second kappa shape index (κ2) is 10.0. The lowest BCUT2D eigenvalue weighted by molar-refractivity contribution is -0.141. The van der Waals surface area contributed by atoms with Gasteiger partial charge in [0.25, 0.3) is 0 Å². The molecule has 5 rings (SSSR count). The van der Waals surface area contributed by atoms with Crippen molar-refractivity contribution < 1.29 is 13.2 Å². The van der Waals surface area contributed by atoms with E-state index >= 15 is 0 Å². The van der Waals surface area contributed by atoms with Gasteiger partial charge in [-0.1, -0.05) is 12.1 Å². The molecule has 2 aliphatic heterocycles. The fraction of sp³-hybridized carbons (Fsp3) is 0.400. The summed E-state index contributed by atoms with van der Waals surface area (Å²) in [5.74, 6) is 0.352. The Morgan fingerprint density at radius 3 is 2.67 bits per heavy atom. The van der Waals surface area contributed by atoms with E-state index in [2.05, 4.69) is 32.1 Å². The first-order chi connectivity index (χ1) is 17.3. The third kappa shape index (κ3) is 5.16. The molecule has 0 radical (unpaired) electrons. The molecule has 2 aliphatic rings. The van der Waals surface area contributed by atoms with Crippen LogP contribution in [0.2, 0.25) is 0 Å². The first kappa shape index (κ1) is 24.5. The highest BCUT2D eigenvalue weighted by atomic mass is 32.1. The van der Waals surface area contributed by atoms with Crippen LogP contribution in [0.5, 0.6) is 0 Å². The number of hydrogen-bond acceptors (Lipinski definition) is 7. The third-order valence-corrected chi connectivity index (χ3v) is 7.74. The molecule has 0 saturated carbocycles. The van der Waals surface area contributed by atoms with E-state index in [-0.39, 0.29) is 6.17 Å². The van der Waals surface area contributed by atoms with Gasteiger partial charge < -0.3 is 4.90 Å². The van der Waals surface area contributed by atoms with E-state index in [1.165, 1.54) is 4.68 Å². The number of hydrogen-bond donors (Lipinski definition) is 2. The fourth-order valence-corrected chi connectivity index (χ4v) is 5.68. The summed E-state index contributed by atoms with van der Waals surface area (Å²) in [6.07, 6.45) is 0.718. The van der Waals surface area contributed by atoms with Crippen molar-refractivity contribution in [2.24, 2.45) is 0 Å². The number of benzene rings is 1. The number of rotatable bonds is 4. The number of alkyl halides is 3. The number of aryl methyl sites for hydroxylation is 1. The van der Waals surface area contributed by atoms with Crippen molar-refractivity contribution in [3.05, 3.63) is 74.6 Å². The van der Waals surface area contributed by atoms with Crippen molar-refractivity contribution in [2.75, 3.05) is 13.1 Å². The highest BCUT2D eigenvalue weighted by molar-refractivity contribution is 7.09. The Labute approximate surface area is 211 Å². The zero-order chi connectivity index (χ0) is 25.3. The molecule has 1 saturated heterocycles. The lowest BCUT2D eigenvalue weighted by atomic mass is 9.98. The molecule has 4 heterocycles. The maximum absolute atomic E-state index is 12.9. The molecule has 188 valence electrons. The largest absolute Gasteiger partial charge is 0.435 e. The predicted molar refractivity (Wildman–Crippen MR) is 131 cm³/mol. The number of likely N-dealkylation sites (tertiary alicyclic amines) is 1. The van der Waals surface area contributed by atoms with Gasteiger partial charge in [-0.3, -0.25) is 10.6 Å². The van der Waals surface area contributed by atoms with Crippen molar-refractivity contribution >= 4 is 17.5 Å². The van der Waals surface area contributed by atoms with Gasteiger partial charge in [-0.2, -0.15) is 23.5 Å². The van der Waals surface area contributed by atoms with Crippen molar-refractivity contribution in [3.63, 3.8) is 0 Å². The molecule has 11 heteroatoms. The van der Waals surface area contributed by atoms with Gasteiger partial charge in [0, 0.05) is 55.6 Å². The molecular formula is C25H26F3N7S. The van der Waals surface area contributed by atoms with Gasteiger partial charge in [0.2, 0.25) is 0 Å². The van der Waals surface area contributed by atoms with Gasteiger partial charge in [0.1, 0.15) is 6.17 Å². The standard InChI is InChI=1S/C25H26F3N7S/c1-16-11-22(25(26,27)28)33-35(16)10-9-34-7-5-17(6-8-34)24-32-21(15-36-24)23-30-13-19-4-2-3-18(12-29)20(19)14-31-23/h2-4,9-11,15,17,23,30-31H,5-8,13-14H2,1H3. The minimum Gasteiger partial charge on any atom is -0.376 e. The van der Waals surface area contributed by atoms with Crippen molar-refractivity contribution in [1.29, 1.82) is 5.26 Å². The summed E-state index contributed by atoms with van der Waals surface area (Å²) < 4.78 is 39.9. The van der Waals surface area contributed by atoms with E-state index in [4.69, 9.17) is 4.98 Å². The van der Waals surface area contributed by atoms with Gasteiger partial charge in [-0.05, 0) is 43.0 Å². The summed E-state index contributed by atoms with van der Waals surface area (Å²) >= 11 is 1.67. The lowest BCUT2D eigenvalue weighted by Gasteiger charge is -2.30. The summed E-state index contributed by atoms with van der Waals surface area (Å²) in [6, 6.07) is 9.13. The zero-order valence-corrected chi connectivity index (χ0v) is 20.5. The molecule has 1 fully saturated rings. The van der Waals surface area contributed by atoms with Crippen molar-refractivity contribution in [2.45, 2.75) is 51.1 Å². The molecule has 1 unspecified atom stereocenters. The number of aromatic nitrogens is 3. The van der Waals surface area contributed by atoms with Gasteiger partial charge in [-0.15, -0.1) is 11.3 Å². The molecule has 1 aromatic carbocycles. The highest BCUT2D eigenvalue weighted by Crippen LogP contribution is 2.32. The van der Waals surface area contributed by atoms with Crippen LogP contribution in [0.1, 0.15) is 63.7 Å². The number of piperidine rings is 1. The molecule has 2 N–H and O–H groups in total. The van der Waals surface area contributed by atoms with E-state index in [0.717, 1.165) is 53.8 Å². The van der Waals surface area contributed by atoms with E-state index in [0.29, 0.717) is 30.3 Å². The number of nitriles is 1. The average Bonchev–Trinajstić information content (AvgIpc) is 3.44. The number of nitrogens with zero attached hydrogens (tertiary/aromatic N) is 5. The van der Waals surface area contributed by atoms with Crippen LogP contribution in [-0.2, 0) is 19.3 Å². The molecular weight excluding hydrogens is 487 g/mol. The molecule has 0 aliphatic carbocycles. The minimum atomic E-state index is -4.44. The number of halogens is 3. The zero-order valence-electron chi connectivity index (χ0n) is 19.7. The third-order valence-electron chi connectivity index (χ3n) is 6.72. The fourth-order valence-electron chi connectivity index (χ4n) is 4.66. The summed E-state index contributed by atoms with van der Waals surface area (Å²) in [5, 5.41) is 23.2. The Hall–Kier alpha value is -3.20. The second-order valence-corrected chi connectivity index (χ2v) is 9.97. The minimum absolute atomic E-state index is 0.0872. The number of nitrogens with one attached hydrogen (secondary N) is 2. The van der Waals surface area contributed by atoms with Crippen LogP contribution in [0.3, 0.4) is 0 Å². The summed E-state index contributed by atoms with van der Waals surface area (Å²) in [6.45, 7) is 4.48. The monoisotopic (exact) mass is 513 g/mol. The average molecular weight is 514 g/mol. The number of fused-ring (bicyclic) bond motifs is 1. The molecule has 36 heavy (non-hydrogen) atoms. The van der Waals surface area contributed by atoms with E-state index < -0.39 is 11.9 Å². The Kier molecular flexibility index (Phi) is 6.83. The summed E-state index contributed by atoms with van der Waals surface area (Å²) in [7, 11) is 0. The molecule has 0 bridgehead atoms. The predicted octanol–water partition coefficient (Wildman–Crippen LogP) is 4.74. The van der Waals surface area contributed by atoms with Gasteiger partial charge >= 0.3 is 6.18 Å². The Balaban J connectivity index is 1.18. The van der Waals surface area contributed by atoms with Crippen LogP contribution in [0.4, 0.5) is 13.2 Å². The molecule has 7 nitrogen and oxygen atoms in total. The Morgan fingerprint density at radius 1 is 1.17 bits per heavy atom. The van der Waals surface area contributed by atoms with E-state index in [1.807, 2.05) is 24.4 Å². The normalized spacial score (nSPS) is 19.3.